The summed E-state index contributed by atoms with van der Waals surface area (Å²) < 4.78 is 0. The van der Waals surface area contributed by atoms with E-state index in [9.17, 15) is 34.2 Å². The minimum absolute atomic E-state index is 0.0271. The Morgan fingerprint density at radius 2 is 1.42 bits per heavy atom. The van der Waals surface area contributed by atoms with Gasteiger partial charge in [-0.3, -0.25) is 24.2 Å². The number of nitrogens with one attached hydrogen (secondary N) is 3. The van der Waals surface area contributed by atoms with Crippen molar-refractivity contribution >= 4 is 35.6 Å². The van der Waals surface area contributed by atoms with Crippen LogP contribution in [-0.2, 0) is 30.4 Å². The Hall–Kier alpha value is -4.24. The molecule has 0 aliphatic carbocycles. The quantitative estimate of drug-likeness (QED) is 0.0535. The molecule has 13 N–H and O–H groups in total. The third kappa shape index (κ3) is 12.1. The Kier molecular flexibility index (Phi) is 13.8. The largest absolute Gasteiger partial charge is 0.480 e. The van der Waals surface area contributed by atoms with Gasteiger partial charge in [-0.1, -0.05) is 30.3 Å². The highest BCUT2D eigenvalue weighted by Crippen LogP contribution is 2.05. The first-order chi connectivity index (χ1) is 17.9. The zero-order chi connectivity index (χ0) is 28.7. The number of aliphatic hydroxyl groups excluding tert-OH is 1. The maximum Gasteiger partial charge on any atom is 0.326 e. The molecule has 0 spiro atoms. The van der Waals surface area contributed by atoms with Crippen LogP contribution in [-0.4, -0.2) is 83.1 Å². The fourth-order valence-corrected chi connectivity index (χ4v) is 3.27. The molecule has 4 unspecified atom stereocenters. The van der Waals surface area contributed by atoms with Gasteiger partial charge in [0.15, 0.2) is 5.96 Å². The molecule has 4 amide bonds. The molecular formula is C23H36N8O7. The average Bonchev–Trinajstić information content (AvgIpc) is 2.87. The fraction of sp³-hybridized carbons (Fsp3) is 0.478. The number of nitrogens with two attached hydrogens (primary N) is 4. The normalized spacial score (nSPS) is 13.7. The molecule has 0 saturated carbocycles. The van der Waals surface area contributed by atoms with Crippen molar-refractivity contribution < 1.29 is 34.2 Å². The predicted molar refractivity (Wildman–Crippen MR) is 137 cm³/mol. The smallest absolute Gasteiger partial charge is 0.326 e. The van der Waals surface area contributed by atoms with Crippen LogP contribution in [0, 0.1) is 0 Å². The number of guanidine groups is 1. The van der Waals surface area contributed by atoms with Gasteiger partial charge in [0, 0.05) is 19.4 Å². The number of aliphatic carboxylic acids is 1. The highest BCUT2D eigenvalue weighted by molar-refractivity contribution is 5.94. The van der Waals surface area contributed by atoms with Gasteiger partial charge in [-0.15, -0.1) is 0 Å². The molecular weight excluding hydrogens is 500 g/mol. The van der Waals surface area contributed by atoms with Gasteiger partial charge < -0.3 is 49.1 Å². The van der Waals surface area contributed by atoms with Crippen molar-refractivity contribution in [3.05, 3.63) is 35.9 Å². The second-order valence-electron chi connectivity index (χ2n) is 8.45. The van der Waals surface area contributed by atoms with E-state index in [2.05, 4.69) is 20.9 Å². The summed E-state index contributed by atoms with van der Waals surface area (Å²) in [5.74, 6) is -4.64. The second kappa shape index (κ2) is 16.5. The number of carbonyl (C=O) groups excluding carboxylic acids is 4. The zero-order valence-electron chi connectivity index (χ0n) is 20.8. The SMILES string of the molecule is NC(=O)CCC(N)C(=O)NC(CCCN=C(N)N)C(=O)NC(CO)C(=O)NC(Cc1ccccc1)C(=O)O. The van der Waals surface area contributed by atoms with Crippen molar-refractivity contribution in [2.75, 3.05) is 13.2 Å². The maximum absolute atomic E-state index is 12.9. The number of carboxylic acid groups (broad SMARTS) is 1. The molecule has 0 heterocycles. The van der Waals surface area contributed by atoms with Gasteiger partial charge in [0.2, 0.25) is 23.6 Å². The third-order valence-corrected chi connectivity index (χ3v) is 5.33. The number of amides is 4. The monoisotopic (exact) mass is 536 g/mol. The van der Waals surface area contributed by atoms with Crippen LogP contribution in [0.1, 0.15) is 31.2 Å². The molecule has 1 aromatic carbocycles. The molecule has 0 aromatic heterocycles. The van der Waals surface area contributed by atoms with Crippen molar-refractivity contribution in [2.24, 2.45) is 27.9 Å². The highest BCUT2D eigenvalue weighted by Gasteiger charge is 2.30. The van der Waals surface area contributed by atoms with E-state index in [0.717, 1.165) is 0 Å². The van der Waals surface area contributed by atoms with Gasteiger partial charge in [-0.2, -0.15) is 0 Å². The number of nitrogens with zero attached hydrogens (tertiary/aromatic N) is 1. The van der Waals surface area contributed by atoms with E-state index >= 15 is 0 Å². The van der Waals surface area contributed by atoms with Crippen LogP contribution in [0.15, 0.2) is 35.3 Å². The summed E-state index contributed by atoms with van der Waals surface area (Å²) in [4.78, 5) is 64.6. The van der Waals surface area contributed by atoms with Crippen molar-refractivity contribution in [1.82, 2.24) is 16.0 Å². The number of hydrogen-bond donors (Lipinski definition) is 9. The molecule has 4 atom stereocenters. The molecule has 210 valence electrons. The first-order valence-corrected chi connectivity index (χ1v) is 11.8. The van der Waals surface area contributed by atoms with Crippen molar-refractivity contribution in [2.45, 2.75) is 56.3 Å². The van der Waals surface area contributed by atoms with Crippen LogP contribution in [0.25, 0.3) is 0 Å². The van der Waals surface area contributed by atoms with Crippen LogP contribution in [0.3, 0.4) is 0 Å². The molecule has 0 aliphatic heterocycles. The van der Waals surface area contributed by atoms with E-state index in [1.165, 1.54) is 0 Å². The minimum atomic E-state index is -1.51. The number of hydrogen-bond acceptors (Lipinski definition) is 8. The van der Waals surface area contributed by atoms with E-state index in [4.69, 9.17) is 22.9 Å². The van der Waals surface area contributed by atoms with Gasteiger partial charge in [0.25, 0.3) is 0 Å². The van der Waals surface area contributed by atoms with Crippen molar-refractivity contribution in [1.29, 1.82) is 0 Å². The molecule has 0 bridgehead atoms. The number of primary amides is 1. The molecule has 38 heavy (non-hydrogen) atoms. The summed E-state index contributed by atoms with van der Waals surface area (Å²) in [5.41, 5.74) is 22.1. The lowest BCUT2D eigenvalue weighted by molar-refractivity contribution is -0.142. The summed E-state index contributed by atoms with van der Waals surface area (Å²) in [6.45, 7) is -0.707. The Morgan fingerprint density at radius 1 is 0.842 bits per heavy atom. The Balaban J connectivity index is 2.90. The predicted octanol–water partition coefficient (Wildman–Crippen LogP) is -3.59. The van der Waals surface area contributed by atoms with Crippen LogP contribution in [0.2, 0.25) is 0 Å². The summed E-state index contributed by atoms with van der Waals surface area (Å²) in [7, 11) is 0. The van der Waals surface area contributed by atoms with E-state index < -0.39 is 60.4 Å². The second-order valence-corrected chi connectivity index (χ2v) is 8.45. The lowest BCUT2D eigenvalue weighted by Crippen LogP contribution is -2.58. The van der Waals surface area contributed by atoms with Crippen molar-refractivity contribution in [3.8, 4) is 0 Å². The average molecular weight is 537 g/mol. The van der Waals surface area contributed by atoms with Crippen LogP contribution in [0.5, 0.6) is 0 Å². The van der Waals surface area contributed by atoms with Gasteiger partial charge in [0.1, 0.15) is 18.1 Å². The Bertz CT molecular complexity index is 985. The van der Waals surface area contributed by atoms with Gasteiger partial charge in [-0.05, 0) is 24.8 Å². The minimum Gasteiger partial charge on any atom is -0.480 e. The summed E-state index contributed by atoms with van der Waals surface area (Å²) in [6.07, 6.45) is 0.0592. The summed E-state index contributed by atoms with van der Waals surface area (Å²) >= 11 is 0. The molecule has 1 aromatic rings. The summed E-state index contributed by atoms with van der Waals surface area (Å²) in [6, 6.07) is 3.39. The zero-order valence-corrected chi connectivity index (χ0v) is 20.8. The number of aliphatic hydroxyl groups is 1. The van der Waals surface area contributed by atoms with Gasteiger partial charge in [0.05, 0.1) is 12.6 Å². The van der Waals surface area contributed by atoms with Crippen LogP contribution >= 0.6 is 0 Å². The topological polar surface area (TPSA) is 278 Å². The van der Waals surface area contributed by atoms with Crippen LogP contribution < -0.4 is 38.9 Å². The molecule has 1 rings (SSSR count). The first kappa shape index (κ1) is 31.8. The standard InChI is InChI=1S/C23H36N8O7/c24-14(8-9-18(25)33)19(34)29-15(7-4-10-28-23(26)27)20(35)31-17(12-32)21(36)30-16(22(37)38)11-13-5-2-1-3-6-13/h1-3,5-6,14-17,32H,4,7-12,24H2,(H2,25,33)(H,29,34)(H,30,36)(H,31,35)(H,37,38)(H4,26,27,28). The number of carbonyl (C=O) groups is 5. The molecule has 15 nitrogen and oxygen atoms in total. The fourth-order valence-electron chi connectivity index (χ4n) is 3.27. The Morgan fingerprint density at radius 3 is 1.97 bits per heavy atom. The van der Waals surface area contributed by atoms with Gasteiger partial charge in [-0.25, -0.2) is 4.79 Å². The summed E-state index contributed by atoms with van der Waals surface area (Å²) in [5, 5.41) is 26.3. The van der Waals surface area contributed by atoms with E-state index in [-0.39, 0.29) is 44.6 Å². The molecule has 0 aliphatic rings. The van der Waals surface area contributed by atoms with E-state index in [0.29, 0.717) is 5.56 Å². The molecule has 0 radical (unpaired) electrons. The number of carboxylic acids is 1. The number of benzene rings is 1. The van der Waals surface area contributed by atoms with E-state index in [1.807, 2.05) is 0 Å². The number of aliphatic imine (C=N–C) groups is 1. The first-order valence-electron chi connectivity index (χ1n) is 11.8. The van der Waals surface area contributed by atoms with E-state index in [1.54, 1.807) is 30.3 Å². The number of rotatable bonds is 17. The molecule has 0 fully saturated rings. The maximum atomic E-state index is 12.9. The van der Waals surface area contributed by atoms with Gasteiger partial charge >= 0.3 is 5.97 Å². The third-order valence-electron chi connectivity index (χ3n) is 5.33. The van der Waals surface area contributed by atoms with Crippen molar-refractivity contribution in [3.63, 3.8) is 0 Å². The van der Waals surface area contributed by atoms with Crippen LogP contribution in [0.4, 0.5) is 0 Å². The molecule has 15 heteroatoms. The lowest BCUT2D eigenvalue weighted by atomic mass is 10.1. The lowest BCUT2D eigenvalue weighted by Gasteiger charge is -2.24. The Labute approximate surface area is 219 Å². The highest BCUT2D eigenvalue weighted by atomic mass is 16.4. The molecule has 0 saturated heterocycles.